The standard InChI is InChI=1S/C11H25N3OS.HI/c1-6-12-10(13-7-8-15-4)14-9-11(2,3)16-5;/h6-9H2,1-5H3,(H2,12,13,14);1H. The van der Waals surface area contributed by atoms with Crippen molar-refractivity contribution in [1.29, 1.82) is 0 Å². The molecule has 0 amide bonds. The summed E-state index contributed by atoms with van der Waals surface area (Å²) in [7, 11) is 1.70. The highest BCUT2D eigenvalue weighted by molar-refractivity contribution is 14.0. The van der Waals surface area contributed by atoms with Gasteiger partial charge in [-0.05, 0) is 27.0 Å². The number of halogens is 1. The zero-order valence-corrected chi connectivity index (χ0v) is 14.6. The Hall–Kier alpha value is 0.310. The summed E-state index contributed by atoms with van der Waals surface area (Å²) < 4.78 is 5.17. The molecule has 0 aromatic heterocycles. The van der Waals surface area contributed by atoms with Crippen molar-refractivity contribution in [3.8, 4) is 0 Å². The van der Waals surface area contributed by atoms with Gasteiger partial charge in [0.2, 0.25) is 0 Å². The van der Waals surface area contributed by atoms with Crippen LogP contribution in [0.25, 0.3) is 0 Å². The Morgan fingerprint density at radius 3 is 2.47 bits per heavy atom. The molecule has 0 bridgehead atoms. The molecule has 2 N–H and O–H groups in total. The van der Waals surface area contributed by atoms with Gasteiger partial charge < -0.3 is 15.4 Å². The fourth-order valence-electron chi connectivity index (χ4n) is 0.947. The number of methoxy groups -OCH3 is 1. The molecule has 0 aromatic carbocycles. The molecule has 0 heterocycles. The molecule has 0 aliphatic rings. The number of guanidine groups is 1. The van der Waals surface area contributed by atoms with Crippen LogP contribution in [0.4, 0.5) is 0 Å². The summed E-state index contributed by atoms with van der Waals surface area (Å²) in [6, 6.07) is 0. The molecule has 0 saturated carbocycles. The van der Waals surface area contributed by atoms with Crippen LogP contribution < -0.4 is 10.6 Å². The van der Waals surface area contributed by atoms with Crippen LogP contribution in [0.5, 0.6) is 0 Å². The van der Waals surface area contributed by atoms with E-state index in [1.54, 1.807) is 7.11 Å². The van der Waals surface area contributed by atoms with Gasteiger partial charge in [-0.2, -0.15) is 11.8 Å². The molecule has 6 heteroatoms. The monoisotopic (exact) mass is 375 g/mol. The van der Waals surface area contributed by atoms with Crippen molar-refractivity contribution in [2.24, 2.45) is 4.99 Å². The smallest absolute Gasteiger partial charge is 0.191 e. The SMILES string of the molecule is CCNC(=NCC(C)(C)SC)NCCOC.I. The molecule has 0 unspecified atom stereocenters. The van der Waals surface area contributed by atoms with E-state index in [-0.39, 0.29) is 28.7 Å². The van der Waals surface area contributed by atoms with E-state index in [0.717, 1.165) is 25.6 Å². The van der Waals surface area contributed by atoms with Crippen LogP contribution >= 0.6 is 35.7 Å². The van der Waals surface area contributed by atoms with Gasteiger partial charge in [-0.25, -0.2) is 0 Å². The number of ether oxygens (including phenoxy) is 1. The number of nitrogens with one attached hydrogen (secondary N) is 2. The van der Waals surface area contributed by atoms with Gasteiger partial charge in [0.05, 0.1) is 13.2 Å². The summed E-state index contributed by atoms with van der Waals surface area (Å²) in [5, 5.41) is 6.44. The van der Waals surface area contributed by atoms with E-state index in [1.807, 2.05) is 11.8 Å². The Labute approximate surface area is 127 Å². The Morgan fingerprint density at radius 2 is 2.00 bits per heavy atom. The van der Waals surface area contributed by atoms with Crippen molar-refractivity contribution in [3.05, 3.63) is 0 Å². The van der Waals surface area contributed by atoms with Crippen molar-refractivity contribution in [3.63, 3.8) is 0 Å². The van der Waals surface area contributed by atoms with Crippen molar-refractivity contribution in [2.45, 2.75) is 25.5 Å². The maximum atomic E-state index is 4.99. The Bertz CT molecular complexity index is 213. The van der Waals surface area contributed by atoms with E-state index < -0.39 is 0 Å². The number of rotatable bonds is 7. The second-order valence-corrected chi connectivity index (χ2v) is 5.59. The Kier molecular flexibility index (Phi) is 13.2. The lowest BCUT2D eigenvalue weighted by atomic mass is 10.2. The van der Waals surface area contributed by atoms with Crippen LogP contribution in [-0.2, 0) is 4.74 Å². The molecule has 0 fully saturated rings. The minimum atomic E-state index is 0. The van der Waals surface area contributed by atoms with Gasteiger partial charge in [-0.15, -0.1) is 24.0 Å². The summed E-state index contributed by atoms with van der Waals surface area (Å²) in [5.41, 5.74) is 0. The summed E-state index contributed by atoms with van der Waals surface area (Å²) in [5.74, 6) is 0.863. The van der Waals surface area contributed by atoms with E-state index in [2.05, 4.69) is 42.7 Å². The average molecular weight is 375 g/mol. The third-order valence-corrected chi connectivity index (χ3v) is 3.35. The van der Waals surface area contributed by atoms with Crippen LogP contribution in [0.2, 0.25) is 0 Å². The van der Waals surface area contributed by atoms with Crippen molar-refractivity contribution >= 4 is 41.7 Å². The molecule has 0 radical (unpaired) electrons. The van der Waals surface area contributed by atoms with Gasteiger partial charge in [0.25, 0.3) is 0 Å². The predicted molar refractivity (Wildman–Crippen MR) is 88.9 cm³/mol. The minimum Gasteiger partial charge on any atom is -0.383 e. The third kappa shape index (κ3) is 11.1. The highest BCUT2D eigenvalue weighted by atomic mass is 127. The fraction of sp³-hybridized carbons (Fsp3) is 0.909. The van der Waals surface area contributed by atoms with E-state index in [0.29, 0.717) is 6.61 Å². The maximum absolute atomic E-state index is 4.99. The van der Waals surface area contributed by atoms with E-state index in [1.165, 1.54) is 0 Å². The fourth-order valence-corrected chi connectivity index (χ4v) is 1.14. The van der Waals surface area contributed by atoms with E-state index in [9.17, 15) is 0 Å². The molecule has 0 saturated heterocycles. The molecule has 0 spiro atoms. The lowest BCUT2D eigenvalue weighted by Gasteiger charge is -2.20. The first-order valence-corrected chi connectivity index (χ1v) is 6.84. The van der Waals surface area contributed by atoms with Crippen molar-refractivity contribution in [2.75, 3.05) is 39.6 Å². The first-order chi connectivity index (χ1) is 7.55. The molecule has 0 aliphatic carbocycles. The quantitative estimate of drug-likeness (QED) is 0.309. The second-order valence-electron chi connectivity index (χ2n) is 4.08. The summed E-state index contributed by atoms with van der Waals surface area (Å²) in [4.78, 5) is 4.55. The molecular weight excluding hydrogens is 349 g/mol. The number of nitrogens with zero attached hydrogens (tertiary/aromatic N) is 1. The van der Waals surface area contributed by atoms with Crippen LogP contribution in [0, 0.1) is 0 Å². The van der Waals surface area contributed by atoms with Gasteiger partial charge in [0, 0.05) is 24.9 Å². The lowest BCUT2D eigenvalue weighted by molar-refractivity contribution is 0.203. The predicted octanol–water partition coefficient (Wildman–Crippen LogP) is 1.95. The van der Waals surface area contributed by atoms with Crippen LogP contribution in [-0.4, -0.2) is 50.3 Å². The van der Waals surface area contributed by atoms with Gasteiger partial charge in [0.1, 0.15) is 0 Å². The highest BCUT2D eigenvalue weighted by Crippen LogP contribution is 2.20. The summed E-state index contributed by atoms with van der Waals surface area (Å²) in [6.07, 6.45) is 2.11. The summed E-state index contributed by atoms with van der Waals surface area (Å²) >= 11 is 1.83. The number of hydrogen-bond donors (Lipinski definition) is 2. The zero-order valence-electron chi connectivity index (χ0n) is 11.5. The normalized spacial score (nSPS) is 11.9. The molecule has 0 aromatic rings. The summed E-state index contributed by atoms with van der Waals surface area (Å²) in [6.45, 7) is 9.60. The molecule has 0 aliphatic heterocycles. The molecule has 17 heavy (non-hydrogen) atoms. The first-order valence-electron chi connectivity index (χ1n) is 5.62. The minimum absolute atomic E-state index is 0. The number of aliphatic imine (C=N–C) groups is 1. The van der Waals surface area contributed by atoms with Crippen LogP contribution in [0.3, 0.4) is 0 Å². The molecular formula is C11H26IN3OS. The maximum Gasteiger partial charge on any atom is 0.191 e. The largest absolute Gasteiger partial charge is 0.383 e. The molecule has 0 rings (SSSR count). The molecule has 4 nitrogen and oxygen atoms in total. The average Bonchev–Trinajstić information content (AvgIpc) is 2.26. The lowest BCUT2D eigenvalue weighted by Crippen LogP contribution is -2.39. The Balaban J connectivity index is 0. The van der Waals surface area contributed by atoms with Gasteiger partial charge in [-0.3, -0.25) is 4.99 Å². The first kappa shape index (κ1) is 19.6. The van der Waals surface area contributed by atoms with Gasteiger partial charge in [0.15, 0.2) is 5.96 Å². The van der Waals surface area contributed by atoms with Crippen LogP contribution in [0.15, 0.2) is 4.99 Å². The molecule has 104 valence electrons. The highest BCUT2D eigenvalue weighted by Gasteiger charge is 2.15. The third-order valence-electron chi connectivity index (χ3n) is 2.11. The van der Waals surface area contributed by atoms with Crippen molar-refractivity contribution < 1.29 is 4.74 Å². The topological polar surface area (TPSA) is 45.7 Å². The molecule has 0 atom stereocenters. The van der Waals surface area contributed by atoms with E-state index >= 15 is 0 Å². The Morgan fingerprint density at radius 1 is 1.35 bits per heavy atom. The van der Waals surface area contributed by atoms with Gasteiger partial charge in [-0.1, -0.05) is 0 Å². The van der Waals surface area contributed by atoms with Gasteiger partial charge >= 0.3 is 0 Å². The van der Waals surface area contributed by atoms with Crippen LogP contribution in [0.1, 0.15) is 20.8 Å². The number of hydrogen-bond acceptors (Lipinski definition) is 3. The van der Waals surface area contributed by atoms with Crippen molar-refractivity contribution in [1.82, 2.24) is 10.6 Å². The number of thioether (sulfide) groups is 1. The van der Waals surface area contributed by atoms with E-state index in [4.69, 9.17) is 4.74 Å². The zero-order chi connectivity index (χ0) is 12.4. The second kappa shape index (κ2) is 11.4.